The van der Waals surface area contributed by atoms with Gasteiger partial charge >= 0.3 is 6.18 Å². The molecule has 0 saturated carbocycles. The van der Waals surface area contributed by atoms with E-state index >= 15 is 0 Å². The van der Waals surface area contributed by atoms with Crippen molar-refractivity contribution >= 4 is 23.6 Å². The molecule has 0 aliphatic rings. The van der Waals surface area contributed by atoms with Gasteiger partial charge in [0.15, 0.2) is 5.69 Å². The van der Waals surface area contributed by atoms with Gasteiger partial charge in [-0.15, -0.1) is 16.9 Å². The van der Waals surface area contributed by atoms with Gasteiger partial charge in [-0.2, -0.15) is 13.2 Å². The van der Waals surface area contributed by atoms with Crippen LogP contribution in [0.5, 0.6) is 0 Å². The second-order valence-corrected chi connectivity index (χ2v) is 7.52. The highest BCUT2D eigenvalue weighted by atomic mass is 32.2. The van der Waals surface area contributed by atoms with Crippen molar-refractivity contribution in [2.75, 3.05) is 13.6 Å². The molecule has 0 radical (unpaired) electrons. The van der Waals surface area contributed by atoms with E-state index in [1.165, 1.54) is 59.9 Å². The topological polar surface area (TPSA) is 88.9 Å². The van der Waals surface area contributed by atoms with Crippen molar-refractivity contribution in [2.45, 2.75) is 16.8 Å². The Morgan fingerprint density at radius 1 is 1.09 bits per heavy atom. The molecule has 3 aromatic rings. The number of nitrogens with zero attached hydrogens (tertiary/aromatic N) is 3. The summed E-state index contributed by atoms with van der Waals surface area (Å²) < 4.78 is 51.7. The molecule has 0 bridgehead atoms. The van der Waals surface area contributed by atoms with Gasteiger partial charge in [0.1, 0.15) is 12.4 Å². The number of amides is 2. The fraction of sp³-hybridized carbons (Fsp3) is 0.200. The van der Waals surface area contributed by atoms with Crippen LogP contribution in [0.2, 0.25) is 0 Å². The number of hydrogen-bond acceptors (Lipinski definition) is 5. The lowest BCUT2D eigenvalue weighted by molar-refractivity contribution is -0.123. The van der Waals surface area contributed by atoms with Gasteiger partial charge in [0.25, 0.3) is 11.8 Å². The highest BCUT2D eigenvalue weighted by Crippen LogP contribution is 2.26. The van der Waals surface area contributed by atoms with Crippen molar-refractivity contribution < 1.29 is 27.2 Å². The molecule has 2 aromatic carbocycles. The highest BCUT2D eigenvalue weighted by Gasteiger charge is 2.28. The third kappa shape index (κ3) is 5.84. The molecule has 1 aromatic heterocycles. The number of halogens is 4. The van der Waals surface area contributed by atoms with E-state index in [2.05, 4.69) is 15.6 Å². The zero-order chi connectivity index (χ0) is 23.3. The normalized spacial score (nSPS) is 11.3. The van der Waals surface area contributed by atoms with Crippen LogP contribution in [0, 0.1) is 5.82 Å². The Morgan fingerprint density at radius 3 is 2.44 bits per heavy atom. The summed E-state index contributed by atoms with van der Waals surface area (Å²) in [5.74, 6) is -1.50. The second kappa shape index (κ2) is 9.81. The van der Waals surface area contributed by atoms with Crippen LogP contribution in [-0.4, -0.2) is 46.6 Å². The van der Waals surface area contributed by atoms with E-state index in [1.54, 1.807) is 17.4 Å². The van der Waals surface area contributed by atoms with Gasteiger partial charge in [0.2, 0.25) is 0 Å². The van der Waals surface area contributed by atoms with Gasteiger partial charge in [0.05, 0.1) is 11.4 Å². The fourth-order valence-corrected chi connectivity index (χ4v) is 3.61. The van der Waals surface area contributed by atoms with Crippen LogP contribution in [0.4, 0.5) is 17.6 Å². The number of alkyl halides is 3. The number of aromatic nitrogens is 3. The molecule has 168 valence electrons. The number of thioether (sulfide) groups is 1. The molecule has 0 spiro atoms. The molecule has 0 unspecified atom stereocenters. The summed E-state index contributed by atoms with van der Waals surface area (Å²) in [4.78, 5) is 24.7. The third-order valence-electron chi connectivity index (χ3n) is 4.20. The fourth-order valence-electron chi connectivity index (χ4n) is 2.68. The molecule has 12 heteroatoms. The summed E-state index contributed by atoms with van der Waals surface area (Å²) in [5, 5.41) is 12.2. The number of benzene rings is 2. The molecule has 0 fully saturated rings. The first kappa shape index (κ1) is 23.3. The van der Waals surface area contributed by atoms with Crippen LogP contribution in [0.25, 0.3) is 5.69 Å². The average Bonchev–Trinajstić information content (AvgIpc) is 3.19. The Kier molecular flexibility index (Phi) is 7.13. The predicted octanol–water partition coefficient (Wildman–Crippen LogP) is 3.35. The number of carbonyl (C=O) groups is 2. The molecule has 2 amide bonds. The lowest BCUT2D eigenvalue weighted by Gasteiger charge is -2.10. The first-order chi connectivity index (χ1) is 15.2. The number of nitrogens with one attached hydrogen (secondary N) is 2. The number of hydrogen-bond donors (Lipinski definition) is 2. The lowest BCUT2D eigenvalue weighted by Crippen LogP contribution is -2.33. The standard InChI is InChI=1S/C20H17F4N5O2S/c1-25-19(31)17-16(10-32-15-4-2-3-13(21)9-15)29(28-27-17)14-7-5-12(6-8-14)18(30)26-11-20(22,23)24/h2-9H,10-11H2,1H3,(H,25,31)(H,26,30). The van der Waals surface area contributed by atoms with Gasteiger partial charge in [-0.3, -0.25) is 9.59 Å². The minimum Gasteiger partial charge on any atom is -0.354 e. The molecule has 3 rings (SSSR count). The summed E-state index contributed by atoms with van der Waals surface area (Å²) in [6, 6.07) is 11.6. The van der Waals surface area contributed by atoms with Crippen molar-refractivity contribution in [3.63, 3.8) is 0 Å². The van der Waals surface area contributed by atoms with Crippen molar-refractivity contribution in [1.29, 1.82) is 0 Å². The maximum Gasteiger partial charge on any atom is 0.405 e. The average molecular weight is 467 g/mol. The molecule has 0 aliphatic heterocycles. The van der Waals surface area contributed by atoms with Crippen LogP contribution in [-0.2, 0) is 5.75 Å². The van der Waals surface area contributed by atoms with Crippen LogP contribution < -0.4 is 10.6 Å². The molecule has 0 saturated heterocycles. The van der Waals surface area contributed by atoms with Gasteiger partial charge in [-0.1, -0.05) is 11.3 Å². The van der Waals surface area contributed by atoms with Gasteiger partial charge in [-0.25, -0.2) is 9.07 Å². The largest absolute Gasteiger partial charge is 0.405 e. The Hall–Kier alpha value is -3.41. The molecule has 0 aliphatic carbocycles. The predicted molar refractivity (Wildman–Crippen MR) is 109 cm³/mol. The van der Waals surface area contributed by atoms with Crippen molar-refractivity contribution in [3.8, 4) is 5.69 Å². The molecule has 2 N–H and O–H groups in total. The van der Waals surface area contributed by atoms with Gasteiger partial charge < -0.3 is 10.6 Å². The first-order valence-corrected chi connectivity index (χ1v) is 10.2. The maximum atomic E-state index is 13.5. The molecular formula is C20H17F4N5O2S. The Morgan fingerprint density at radius 2 is 1.81 bits per heavy atom. The van der Waals surface area contributed by atoms with E-state index in [4.69, 9.17) is 0 Å². The minimum absolute atomic E-state index is 0.0281. The summed E-state index contributed by atoms with van der Waals surface area (Å²) in [6.07, 6.45) is -4.51. The molecule has 7 nitrogen and oxygen atoms in total. The first-order valence-electron chi connectivity index (χ1n) is 9.18. The van der Waals surface area contributed by atoms with Crippen LogP contribution in [0.3, 0.4) is 0 Å². The number of carbonyl (C=O) groups excluding carboxylic acids is 2. The number of rotatable bonds is 7. The summed E-state index contributed by atoms with van der Waals surface area (Å²) in [6.45, 7) is -1.44. The molecular weight excluding hydrogens is 450 g/mol. The van der Waals surface area contributed by atoms with E-state index in [-0.39, 0.29) is 17.0 Å². The van der Waals surface area contributed by atoms with E-state index in [0.717, 1.165) is 0 Å². The molecule has 1 heterocycles. The third-order valence-corrected chi connectivity index (χ3v) is 5.21. The zero-order valence-corrected chi connectivity index (χ0v) is 17.4. The van der Waals surface area contributed by atoms with Gasteiger partial charge in [0, 0.05) is 23.3 Å². The zero-order valence-electron chi connectivity index (χ0n) is 16.6. The highest BCUT2D eigenvalue weighted by molar-refractivity contribution is 7.98. The monoisotopic (exact) mass is 467 g/mol. The van der Waals surface area contributed by atoms with E-state index in [9.17, 15) is 27.2 Å². The van der Waals surface area contributed by atoms with Crippen LogP contribution in [0.1, 0.15) is 26.5 Å². The van der Waals surface area contributed by atoms with Crippen molar-refractivity contribution in [2.24, 2.45) is 0 Å². The van der Waals surface area contributed by atoms with Crippen LogP contribution >= 0.6 is 11.8 Å². The van der Waals surface area contributed by atoms with E-state index in [1.807, 2.05) is 0 Å². The van der Waals surface area contributed by atoms with Crippen molar-refractivity contribution in [1.82, 2.24) is 25.6 Å². The van der Waals surface area contributed by atoms with Gasteiger partial charge in [-0.05, 0) is 42.5 Å². The molecule has 32 heavy (non-hydrogen) atoms. The summed E-state index contributed by atoms with van der Waals surface area (Å²) in [5.41, 5.74) is 0.964. The maximum absolute atomic E-state index is 13.5. The van der Waals surface area contributed by atoms with Crippen LogP contribution in [0.15, 0.2) is 53.4 Å². The summed E-state index contributed by atoms with van der Waals surface area (Å²) in [7, 11) is 1.44. The summed E-state index contributed by atoms with van der Waals surface area (Å²) >= 11 is 1.27. The SMILES string of the molecule is CNC(=O)c1nnn(-c2ccc(C(=O)NCC(F)(F)F)cc2)c1CSc1cccc(F)c1. The smallest absolute Gasteiger partial charge is 0.354 e. The Labute approximate surface area is 184 Å². The van der Waals surface area contributed by atoms with E-state index in [0.29, 0.717) is 16.3 Å². The Bertz CT molecular complexity index is 1120. The lowest BCUT2D eigenvalue weighted by atomic mass is 10.2. The molecule has 0 atom stereocenters. The second-order valence-electron chi connectivity index (χ2n) is 6.47. The minimum atomic E-state index is -4.51. The van der Waals surface area contributed by atoms with Crippen molar-refractivity contribution in [3.05, 3.63) is 71.3 Å². The van der Waals surface area contributed by atoms with E-state index < -0.39 is 30.4 Å². The quantitative estimate of drug-likeness (QED) is 0.411. The Balaban J connectivity index is 1.84.